The topological polar surface area (TPSA) is 90.1 Å². The maximum absolute atomic E-state index is 12.2. The largest absolute Gasteiger partial charge is 0.313 e. The monoisotopic (exact) mass is 317 g/mol. The van der Waals surface area contributed by atoms with Crippen LogP contribution in [0.15, 0.2) is 11.2 Å². The van der Waals surface area contributed by atoms with E-state index >= 15 is 0 Å². The molecule has 0 fully saturated rings. The average Bonchev–Trinajstić information content (AvgIpc) is 2.94. The van der Waals surface area contributed by atoms with Gasteiger partial charge in [0.2, 0.25) is 0 Å². The van der Waals surface area contributed by atoms with Gasteiger partial charge >= 0.3 is 0 Å². The molecule has 122 valence electrons. The second-order valence-corrected chi connectivity index (χ2v) is 6.49. The van der Waals surface area contributed by atoms with Crippen LogP contribution >= 0.6 is 0 Å². The van der Waals surface area contributed by atoms with Crippen LogP contribution in [0.4, 0.5) is 0 Å². The molecule has 1 aromatic heterocycles. The summed E-state index contributed by atoms with van der Waals surface area (Å²) in [6.07, 6.45) is 2.34. The van der Waals surface area contributed by atoms with Crippen molar-refractivity contribution in [1.29, 1.82) is 0 Å². The smallest absolute Gasteiger partial charge is 0.257 e. The highest BCUT2D eigenvalue weighted by Gasteiger charge is 2.19. The molecule has 0 aliphatic carbocycles. The summed E-state index contributed by atoms with van der Waals surface area (Å²) in [7, 11) is -3.52. The van der Waals surface area contributed by atoms with Crippen LogP contribution in [-0.2, 0) is 16.6 Å². The second kappa shape index (κ2) is 9.14. The molecule has 1 heterocycles. The Labute approximate surface area is 127 Å². The third-order valence-electron chi connectivity index (χ3n) is 3.35. The number of nitrogens with one attached hydrogen (secondary N) is 3. The Morgan fingerprint density at radius 2 is 2.00 bits per heavy atom. The summed E-state index contributed by atoms with van der Waals surface area (Å²) < 4.78 is 27.1. The van der Waals surface area contributed by atoms with E-state index in [-0.39, 0.29) is 5.03 Å². The Kier molecular flexibility index (Phi) is 7.87. The van der Waals surface area contributed by atoms with Gasteiger partial charge in [-0.05, 0) is 32.6 Å². The number of aromatic nitrogens is 2. The number of sulfonamides is 1. The Hall–Kier alpha value is -0.960. The highest BCUT2D eigenvalue weighted by Crippen LogP contribution is 2.11. The molecule has 3 N–H and O–H groups in total. The van der Waals surface area contributed by atoms with Gasteiger partial charge in [-0.15, -0.1) is 0 Å². The SMILES string of the molecule is CCNCc1cn[nH]c1S(=O)(=O)NCCCN(CC)CC. The Morgan fingerprint density at radius 1 is 1.29 bits per heavy atom. The van der Waals surface area contributed by atoms with Crippen molar-refractivity contribution in [2.45, 2.75) is 38.8 Å². The van der Waals surface area contributed by atoms with Gasteiger partial charge in [0.25, 0.3) is 10.0 Å². The van der Waals surface area contributed by atoms with Crippen molar-refractivity contribution in [3.8, 4) is 0 Å². The molecule has 21 heavy (non-hydrogen) atoms. The quantitative estimate of drug-likeness (QED) is 0.518. The lowest BCUT2D eigenvalue weighted by molar-refractivity contribution is 0.300. The lowest BCUT2D eigenvalue weighted by Gasteiger charge is -2.17. The van der Waals surface area contributed by atoms with Crippen LogP contribution < -0.4 is 10.0 Å². The van der Waals surface area contributed by atoms with Gasteiger partial charge in [0.05, 0.1) is 6.20 Å². The summed E-state index contributed by atoms with van der Waals surface area (Å²) in [5.41, 5.74) is 0.660. The normalized spacial score (nSPS) is 12.2. The molecule has 0 atom stereocenters. The predicted molar refractivity (Wildman–Crippen MR) is 83.6 cm³/mol. The molecule has 0 bridgehead atoms. The minimum atomic E-state index is -3.52. The lowest BCUT2D eigenvalue weighted by Crippen LogP contribution is -2.30. The summed E-state index contributed by atoms with van der Waals surface area (Å²) in [6, 6.07) is 0. The highest BCUT2D eigenvalue weighted by molar-refractivity contribution is 7.89. The molecule has 0 aromatic carbocycles. The van der Waals surface area contributed by atoms with Gasteiger partial charge in [0.1, 0.15) is 0 Å². The number of rotatable bonds is 11. The Morgan fingerprint density at radius 3 is 2.62 bits per heavy atom. The molecule has 0 aliphatic rings. The van der Waals surface area contributed by atoms with E-state index < -0.39 is 10.0 Å². The number of nitrogens with zero attached hydrogens (tertiary/aromatic N) is 2. The fourth-order valence-corrected chi connectivity index (χ4v) is 3.24. The lowest BCUT2D eigenvalue weighted by atomic mass is 10.3. The molecular weight excluding hydrogens is 290 g/mol. The molecule has 0 amide bonds. The van der Waals surface area contributed by atoms with Crippen LogP contribution in [0.2, 0.25) is 0 Å². The maximum atomic E-state index is 12.2. The molecule has 1 aromatic rings. The van der Waals surface area contributed by atoms with E-state index in [2.05, 4.69) is 39.0 Å². The van der Waals surface area contributed by atoms with Crippen LogP contribution in [0.3, 0.4) is 0 Å². The van der Waals surface area contributed by atoms with Gasteiger partial charge in [-0.3, -0.25) is 5.10 Å². The van der Waals surface area contributed by atoms with Crippen LogP contribution in [0.5, 0.6) is 0 Å². The number of hydrogen-bond acceptors (Lipinski definition) is 5. The fraction of sp³-hybridized carbons (Fsp3) is 0.769. The summed E-state index contributed by atoms with van der Waals surface area (Å²) in [6.45, 7) is 10.7. The first kappa shape index (κ1) is 18.1. The molecule has 0 unspecified atom stereocenters. The first-order valence-corrected chi connectivity index (χ1v) is 8.98. The zero-order chi connectivity index (χ0) is 15.7. The predicted octanol–water partition coefficient (Wildman–Crippen LogP) is 0.529. The molecule has 7 nitrogen and oxygen atoms in total. The molecule has 0 saturated carbocycles. The maximum Gasteiger partial charge on any atom is 0.257 e. The molecular formula is C13H27N5O2S. The van der Waals surface area contributed by atoms with E-state index in [1.54, 1.807) is 6.20 Å². The number of aromatic amines is 1. The number of hydrogen-bond donors (Lipinski definition) is 3. The zero-order valence-electron chi connectivity index (χ0n) is 13.1. The van der Waals surface area contributed by atoms with Crippen molar-refractivity contribution in [2.75, 3.05) is 32.7 Å². The number of H-pyrrole nitrogens is 1. The van der Waals surface area contributed by atoms with Crippen LogP contribution in [0.25, 0.3) is 0 Å². The first-order chi connectivity index (χ1) is 10.0. The van der Waals surface area contributed by atoms with Gasteiger partial charge < -0.3 is 10.2 Å². The molecule has 8 heteroatoms. The van der Waals surface area contributed by atoms with Crippen molar-refractivity contribution in [2.24, 2.45) is 0 Å². The molecule has 0 spiro atoms. The summed E-state index contributed by atoms with van der Waals surface area (Å²) >= 11 is 0. The molecule has 0 aliphatic heterocycles. The molecule has 1 rings (SSSR count). The van der Waals surface area contributed by atoms with Crippen molar-refractivity contribution < 1.29 is 8.42 Å². The van der Waals surface area contributed by atoms with Gasteiger partial charge in [-0.1, -0.05) is 20.8 Å². The third-order valence-corrected chi connectivity index (χ3v) is 4.83. The van der Waals surface area contributed by atoms with E-state index in [1.807, 2.05) is 6.92 Å². The minimum Gasteiger partial charge on any atom is -0.313 e. The van der Waals surface area contributed by atoms with Gasteiger partial charge in [-0.25, -0.2) is 13.1 Å². The Balaban J connectivity index is 2.52. The molecule has 0 radical (unpaired) electrons. The van der Waals surface area contributed by atoms with E-state index in [9.17, 15) is 8.42 Å². The van der Waals surface area contributed by atoms with Crippen LogP contribution in [0, 0.1) is 0 Å². The highest BCUT2D eigenvalue weighted by atomic mass is 32.2. The van der Waals surface area contributed by atoms with Crippen LogP contribution in [-0.4, -0.2) is 56.2 Å². The van der Waals surface area contributed by atoms with Gasteiger partial charge in [0, 0.05) is 18.7 Å². The second-order valence-electron chi connectivity index (χ2n) is 4.78. The first-order valence-electron chi connectivity index (χ1n) is 7.50. The van der Waals surface area contributed by atoms with Crippen molar-refractivity contribution in [3.05, 3.63) is 11.8 Å². The van der Waals surface area contributed by atoms with Crippen molar-refractivity contribution >= 4 is 10.0 Å². The van der Waals surface area contributed by atoms with Gasteiger partial charge in [-0.2, -0.15) is 5.10 Å². The average molecular weight is 317 g/mol. The minimum absolute atomic E-state index is 0.159. The van der Waals surface area contributed by atoms with Crippen molar-refractivity contribution in [3.63, 3.8) is 0 Å². The zero-order valence-corrected chi connectivity index (χ0v) is 14.0. The van der Waals surface area contributed by atoms with E-state index in [0.29, 0.717) is 18.7 Å². The van der Waals surface area contributed by atoms with Crippen LogP contribution in [0.1, 0.15) is 32.8 Å². The molecule has 0 saturated heterocycles. The summed E-state index contributed by atoms with van der Waals surface area (Å²) in [5, 5.41) is 9.67. The summed E-state index contributed by atoms with van der Waals surface area (Å²) in [4.78, 5) is 2.26. The van der Waals surface area contributed by atoms with Crippen molar-refractivity contribution in [1.82, 2.24) is 25.1 Å². The van der Waals surface area contributed by atoms with Gasteiger partial charge in [0.15, 0.2) is 5.03 Å². The standard InChI is InChI=1S/C13H27N5O2S/c1-4-14-10-12-11-15-17-13(12)21(19,20)16-8-7-9-18(5-2)6-3/h11,14,16H,4-10H2,1-3H3,(H,15,17). The van der Waals surface area contributed by atoms with E-state index in [1.165, 1.54) is 0 Å². The Bertz CT molecular complexity index is 496. The summed E-state index contributed by atoms with van der Waals surface area (Å²) in [5.74, 6) is 0. The van der Waals surface area contributed by atoms with E-state index in [0.717, 1.165) is 32.6 Å². The fourth-order valence-electron chi connectivity index (χ4n) is 2.04. The van der Waals surface area contributed by atoms with E-state index in [4.69, 9.17) is 0 Å². The third kappa shape index (κ3) is 5.74.